The number of aromatic nitrogens is 4. The zero-order valence-corrected chi connectivity index (χ0v) is 23.5. The van der Waals surface area contributed by atoms with Crippen molar-refractivity contribution in [2.45, 2.75) is 37.5 Å². The lowest BCUT2D eigenvalue weighted by atomic mass is 9.97. The number of rotatable bonds is 6. The normalized spacial score (nSPS) is 16.7. The van der Waals surface area contributed by atoms with Gasteiger partial charge in [0, 0.05) is 48.7 Å². The summed E-state index contributed by atoms with van der Waals surface area (Å²) in [5, 5.41) is 2.91. The maximum Gasteiger partial charge on any atom is 0.415 e. The van der Waals surface area contributed by atoms with Crippen molar-refractivity contribution in [3.63, 3.8) is 0 Å². The lowest BCUT2D eigenvalue weighted by Gasteiger charge is -2.31. The topological polar surface area (TPSA) is 128 Å². The molecule has 7 rings (SSSR count). The highest BCUT2D eigenvalue weighted by molar-refractivity contribution is 6.04. The first-order valence-corrected chi connectivity index (χ1v) is 14.6. The summed E-state index contributed by atoms with van der Waals surface area (Å²) in [6.45, 7) is 1.09. The van der Waals surface area contributed by atoms with Crippen LogP contribution in [0.15, 0.2) is 85.3 Å². The highest BCUT2D eigenvalue weighted by Gasteiger charge is 2.30. The van der Waals surface area contributed by atoms with Crippen molar-refractivity contribution in [2.75, 3.05) is 24.1 Å². The van der Waals surface area contributed by atoms with Crippen molar-refractivity contribution in [1.29, 1.82) is 0 Å². The Morgan fingerprint density at radius 3 is 2.53 bits per heavy atom. The minimum absolute atomic E-state index is 0.0240. The molecule has 216 valence electrons. The van der Waals surface area contributed by atoms with E-state index in [1.54, 1.807) is 41.6 Å². The average molecular weight is 574 g/mol. The number of nitrogens with two attached hydrogens (primary N) is 1. The van der Waals surface area contributed by atoms with E-state index in [4.69, 9.17) is 15.5 Å². The molecular weight excluding hydrogens is 542 g/mol. The van der Waals surface area contributed by atoms with E-state index in [0.717, 1.165) is 24.2 Å². The second-order valence-electron chi connectivity index (χ2n) is 11.1. The van der Waals surface area contributed by atoms with Crippen molar-refractivity contribution >= 4 is 29.2 Å². The van der Waals surface area contributed by atoms with Gasteiger partial charge in [0.1, 0.15) is 34.4 Å². The molecule has 10 nitrogen and oxygen atoms in total. The fourth-order valence-corrected chi connectivity index (χ4v) is 5.74. The second-order valence-corrected chi connectivity index (χ2v) is 11.1. The van der Waals surface area contributed by atoms with Gasteiger partial charge in [-0.15, -0.1) is 0 Å². The second kappa shape index (κ2) is 11.2. The van der Waals surface area contributed by atoms with Gasteiger partial charge in [-0.3, -0.25) is 9.20 Å². The highest BCUT2D eigenvalue weighted by Crippen LogP contribution is 2.40. The summed E-state index contributed by atoms with van der Waals surface area (Å²) in [6, 6.07) is 20.3. The molecular formula is C33H31N7O3. The average Bonchev–Trinajstić information content (AvgIpc) is 3.82. The van der Waals surface area contributed by atoms with Gasteiger partial charge in [-0.2, -0.15) is 0 Å². The number of hydrogen-bond acceptors (Lipinski definition) is 7. The SMILES string of the molecule is Nc1nccn2c(C3CCCN(C(=O)Oc4ccccc4)C3)nc(-c3ccc(C(=O)Nc4cc(C5CC5)ccn4)cc3)c12. The first-order valence-electron chi connectivity index (χ1n) is 14.6. The number of nitrogens with one attached hydrogen (secondary N) is 1. The molecule has 3 N–H and O–H groups in total. The zero-order valence-electron chi connectivity index (χ0n) is 23.5. The lowest BCUT2D eigenvalue weighted by Crippen LogP contribution is -2.41. The Labute approximate surface area is 248 Å². The summed E-state index contributed by atoms with van der Waals surface area (Å²) in [7, 11) is 0. The van der Waals surface area contributed by atoms with Crippen LogP contribution in [0.25, 0.3) is 16.8 Å². The van der Waals surface area contributed by atoms with Crippen LogP contribution in [-0.4, -0.2) is 49.3 Å². The molecule has 1 aliphatic carbocycles. The third-order valence-electron chi connectivity index (χ3n) is 8.10. The van der Waals surface area contributed by atoms with Gasteiger partial charge >= 0.3 is 6.09 Å². The molecule has 1 saturated carbocycles. The fourth-order valence-electron chi connectivity index (χ4n) is 5.74. The Balaban J connectivity index is 1.12. The molecule has 10 heteroatoms. The van der Waals surface area contributed by atoms with Crippen LogP contribution in [0.3, 0.4) is 0 Å². The molecule has 5 aromatic rings. The predicted octanol–water partition coefficient (Wildman–Crippen LogP) is 5.88. The van der Waals surface area contributed by atoms with Crippen LogP contribution in [0.4, 0.5) is 16.4 Å². The van der Waals surface area contributed by atoms with Crippen molar-refractivity contribution in [3.8, 4) is 17.0 Å². The summed E-state index contributed by atoms with van der Waals surface area (Å²) < 4.78 is 7.57. The molecule has 0 radical (unpaired) electrons. The van der Waals surface area contributed by atoms with E-state index in [1.165, 1.54) is 18.4 Å². The Bertz CT molecular complexity index is 1800. The molecule has 43 heavy (non-hydrogen) atoms. The number of nitrogens with zero attached hydrogens (tertiary/aromatic N) is 5. The number of likely N-dealkylation sites (tertiary alicyclic amines) is 1. The molecule has 0 spiro atoms. The first-order chi connectivity index (χ1) is 21.0. The maximum absolute atomic E-state index is 13.0. The van der Waals surface area contributed by atoms with Gasteiger partial charge in [0.05, 0.1) is 0 Å². The monoisotopic (exact) mass is 573 g/mol. The van der Waals surface area contributed by atoms with E-state index in [2.05, 4.69) is 15.3 Å². The van der Waals surface area contributed by atoms with E-state index in [0.29, 0.717) is 53.2 Å². The molecule has 2 aromatic carbocycles. The minimum atomic E-state index is -0.374. The number of benzene rings is 2. The van der Waals surface area contributed by atoms with Crippen molar-refractivity contribution in [1.82, 2.24) is 24.3 Å². The molecule has 2 amide bonds. The Hall–Kier alpha value is -5.25. The molecule has 2 fully saturated rings. The van der Waals surface area contributed by atoms with Gasteiger partial charge in [0.2, 0.25) is 0 Å². The number of fused-ring (bicyclic) bond motifs is 1. The Morgan fingerprint density at radius 2 is 1.74 bits per heavy atom. The van der Waals surface area contributed by atoms with E-state index in [-0.39, 0.29) is 17.9 Å². The summed E-state index contributed by atoms with van der Waals surface area (Å²) in [4.78, 5) is 41.4. The van der Waals surface area contributed by atoms with E-state index < -0.39 is 0 Å². The largest absolute Gasteiger partial charge is 0.415 e. The number of ether oxygens (including phenoxy) is 1. The number of nitrogen functional groups attached to an aromatic ring is 1. The van der Waals surface area contributed by atoms with Gasteiger partial charge in [-0.05, 0) is 73.6 Å². The predicted molar refractivity (Wildman–Crippen MR) is 163 cm³/mol. The van der Waals surface area contributed by atoms with E-state index in [1.807, 2.05) is 53.1 Å². The number of hydrogen-bond donors (Lipinski definition) is 2. The number of carbonyl (C=O) groups is 2. The van der Waals surface area contributed by atoms with Crippen LogP contribution in [0, 0.1) is 0 Å². The number of para-hydroxylation sites is 1. The number of carbonyl (C=O) groups excluding carboxylic acids is 2. The van der Waals surface area contributed by atoms with Gasteiger partial charge in [0.15, 0.2) is 0 Å². The molecule has 2 aliphatic rings. The third-order valence-corrected chi connectivity index (χ3v) is 8.10. The van der Waals surface area contributed by atoms with Crippen molar-refractivity contribution < 1.29 is 14.3 Å². The number of pyridine rings is 1. The van der Waals surface area contributed by atoms with Gasteiger partial charge in [-0.1, -0.05) is 30.3 Å². The highest BCUT2D eigenvalue weighted by atomic mass is 16.6. The molecule has 1 atom stereocenters. The Kier molecular flexibility index (Phi) is 6.94. The summed E-state index contributed by atoms with van der Waals surface area (Å²) in [5.74, 6) is 2.56. The van der Waals surface area contributed by atoms with Crippen LogP contribution >= 0.6 is 0 Å². The molecule has 1 unspecified atom stereocenters. The molecule has 1 aliphatic heterocycles. The van der Waals surface area contributed by atoms with E-state index in [9.17, 15) is 9.59 Å². The molecule has 1 saturated heterocycles. The minimum Gasteiger partial charge on any atom is -0.410 e. The zero-order chi connectivity index (χ0) is 29.3. The lowest BCUT2D eigenvalue weighted by molar-refractivity contribution is 0.102. The fraction of sp³-hybridized carbons (Fsp3) is 0.242. The van der Waals surface area contributed by atoms with Crippen LogP contribution in [0.5, 0.6) is 5.75 Å². The van der Waals surface area contributed by atoms with E-state index >= 15 is 0 Å². The van der Waals surface area contributed by atoms with Crippen molar-refractivity contribution in [2.24, 2.45) is 0 Å². The number of piperidine rings is 1. The summed E-state index contributed by atoms with van der Waals surface area (Å²) in [5.41, 5.74) is 10.3. The first kappa shape index (κ1) is 26.6. The molecule has 4 heterocycles. The molecule has 0 bridgehead atoms. The van der Waals surface area contributed by atoms with Crippen molar-refractivity contribution in [3.05, 3.63) is 102 Å². The van der Waals surface area contributed by atoms with Crippen LogP contribution in [0.1, 0.15) is 59.3 Å². The van der Waals surface area contributed by atoms with Crippen LogP contribution in [-0.2, 0) is 0 Å². The smallest absolute Gasteiger partial charge is 0.410 e. The summed E-state index contributed by atoms with van der Waals surface area (Å²) in [6.07, 6.45) is 8.93. The quantitative estimate of drug-likeness (QED) is 0.260. The maximum atomic E-state index is 13.0. The van der Waals surface area contributed by atoms with Gasteiger partial charge in [0.25, 0.3) is 5.91 Å². The van der Waals surface area contributed by atoms with Gasteiger partial charge in [-0.25, -0.2) is 19.7 Å². The number of imidazole rings is 1. The summed E-state index contributed by atoms with van der Waals surface area (Å²) >= 11 is 0. The number of amides is 2. The van der Waals surface area contributed by atoms with Gasteiger partial charge < -0.3 is 20.7 Å². The number of anilines is 2. The van der Waals surface area contributed by atoms with Crippen LogP contribution in [0.2, 0.25) is 0 Å². The van der Waals surface area contributed by atoms with Crippen LogP contribution < -0.4 is 15.8 Å². The molecule has 3 aromatic heterocycles. The standard InChI is InChI=1S/C33H31N7O3/c34-30-29-28(22-10-12-23(13-11-22)32(41)37-27-19-24(14-15-35-27)21-8-9-21)38-31(40(29)18-16-36-30)25-5-4-17-39(20-25)33(42)43-26-6-2-1-3-7-26/h1-3,6-7,10-16,18-19,21,25H,4-5,8-9,17,20H2,(H2,34,36)(H,35,37,41). The third kappa shape index (κ3) is 5.51. The Morgan fingerprint density at radius 1 is 0.930 bits per heavy atom.